The van der Waals surface area contributed by atoms with Crippen LogP contribution in [0.2, 0.25) is 0 Å². The van der Waals surface area contributed by atoms with Crippen molar-refractivity contribution in [2.75, 3.05) is 19.6 Å². The minimum atomic E-state index is 0.0851. The number of rotatable bonds is 8. The number of unbranched alkanes of at least 4 members (excludes halogenated alkanes) is 1. The minimum Gasteiger partial charge on any atom is -0.304 e. The molecule has 0 spiro atoms. The lowest BCUT2D eigenvalue weighted by Gasteiger charge is -2.35. The summed E-state index contributed by atoms with van der Waals surface area (Å²) in [4.78, 5) is 2.51. The number of hydrogen-bond donors (Lipinski definition) is 0. The van der Waals surface area contributed by atoms with Crippen LogP contribution >= 0.6 is 0 Å². The molecule has 2 nitrogen and oxygen atoms in total. The summed E-state index contributed by atoms with van der Waals surface area (Å²) in [5.41, 5.74) is 0.0851. The van der Waals surface area contributed by atoms with Gasteiger partial charge in [-0.25, -0.2) is 0 Å². The van der Waals surface area contributed by atoms with Crippen LogP contribution in [0, 0.1) is 16.7 Å². The van der Waals surface area contributed by atoms with Crippen molar-refractivity contribution in [3.63, 3.8) is 0 Å². The van der Waals surface area contributed by atoms with Crippen LogP contribution in [0.1, 0.15) is 58.8 Å². The van der Waals surface area contributed by atoms with Crippen molar-refractivity contribution >= 4 is 0 Å². The van der Waals surface area contributed by atoms with Crippen LogP contribution < -0.4 is 0 Å². The number of hydrogen-bond acceptors (Lipinski definition) is 2. The summed E-state index contributed by atoms with van der Waals surface area (Å²) >= 11 is 0. The molecule has 0 aromatic rings. The van der Waals surface area contributed by atoms with Crippen molar-refractivity contribution < 1.29 is 0 Å². The molecule has 0 N–H and O–H groups in total. The zero-order valence-electron chi connectivity index (χ0n) is 11.0. The van der Waals surface area contributed by atoms with Crippen LogP contribution in [0.5, 0.6) is 0 Å². The highest BCUT2D eigenvalue weighted by Crippen LogP contribution is 2.44. The van der Waals surface area contributed by atoms with Gasteiger partial charge in [-0.05, 0) is 51.7 Å². The molecular weight excluding hydrogens is 196 g/mol. The Kier molecular flexibility index (Phi) is 5.84. The molecule has 0 unspecified atom stereocenters. The first-order valence-electron chi connectivity index (χ1n) is 6.90. The third kappa shape index (κ3) is 3.79. The molecule has 0 saturated heterocycles. The van der Waals surface area contributed by atoms with Gasteiger partial charge >= 0.3 is 0 Å². The van der Waals surface area contributed by atoms with Gasteiger partial charge in [-0.3, -0.25) is 0 Å². The Morgan fingerprint density at radius 3 is 2.38 bits per heavy atom. The molecule has 1 fully saturated rings. The van der Waals surface area contributed by atoms with E-state index in [1.54, 1.807) is 0 Å². The maximum absolute atomic E-state index is 9.12. The van der Waals surface area contributed by atoms with Gasteiger partial charge in [0.1, 0.15) is 0 Å². The largest absolute Gasteiger partial charge is 0.304 e. The molecule has 0 amide bonds. The van der Waals surface area contributed by atoms with E-state index in [-0.39, 0.29) is 5.41 Å². The maximum Gasteiger partial charge on any atom is 0.0689 e. The van der Waals surface area contributed by atoms with Crippen molar-refractivity contribution in [3.8, 4) is 6.07 Å². The Bertz CT molecular complexity index is 225. The molecule has 1 rings (SSSR count). The monoisotopic (exact) mass is 222 g/mol. The third-order valence-electron chi connectivity index (χ3n) is 3.91. The highest BCUT2D eigenvalue weighted by atomic mass is 15.1. The number of nitrogens with zero attached hydrogens (tertiary/aromatic N) is 2. The zero-order chi connectivity index (χ0) is 11.9. The highest BCUT2D eigenvalue weighted by Gasteiger charge is 2.36. The molecule has 0 aliphatic heterocycles. The average molecular weight is 222 g/mol. The lowest BCUT2D eigenvalue weighted by atomic mass is 9.67. The molecule has 1 aliphatic carbocycles. The van der Waals surface area contributed by atoms with Gasteiger partial charge in [-0.1, -0.05) is 26.7 Å². The maximum atomic E-state index is 9.12. The third-order valence-corrected chi connectivity index (χ3v) is 3.91. The van der Waals surface area contributed by atoms with E-state index < -0.39 is 0 Å². The Balaban J connectivity index is 2.09. The van der Waals surface area contributed by atoms with Crippen molar-refractivity contribution in [1.29, 1.82) is 5.26 Å². The van der Waals surface area contributed by atoms with Crippen LogP contribution in [0.15, 0.2) is 0 Å². The van der Waals surface area contributed by atoms with Gasteiger partial charge in [0, 0.05) is 0 Å². The van der Waals surface area contributed by atoms with E-state index in [9.17, 15) is 0 Å². The topological polar surface area (TPSA) is 27.0 Å². The van der Waals surface area contributed by atoms with Crippen LogP contribution in [0.25, 0.3) is 0 Å². The second-order valence-electron chi connectivity index (χ2n) is 5.14. The molecule has 0 aromatic carbocycles. The van der Waals surface area contributed by atoms with E-state index in [4.69, 9.17) is 5.26 Å². The van der Waals surface area contributed by atoms with Gasteiger partial charge < -0.3 is 4.90 Å². The van der Waals surface area contributed by atoms with E-state index in [0.29, 0.717) is 0 Å². The Morgan fingerprint density at radius 2 is 1.94 bits per heavy atom. The summed E-state index contributed by atoms with van der Waals surface area (Å²) in [6.45, 7) is 8.07. The van der Waals surface area contributed by atoms with Crippen LogP contribution in [0.4, 0.5) is 0 Å². The smallest absolute Gasteiger partial charge is 0.0689 e. The predicted molar refractivity (Wildman–Crippen MR) is 68.2 cm³/mol. The van der Waals surface area contributed by atoms with Gasteiger partial charge in [0.25, 0.3) is 0 Å². The second kappa shape index (κ2) is 6.91. The van der Waals surface area contributed by atoms with E-state index in [1.165, 1.54) is 38.8 Å². The molecule has 0 aromatic heterocycles. The average Bonchev–Trinajstić information content (AvgIpc) is 2.25. The quantitative estimate of drug-likeness (QED) is 0.587. The fraction of sp³-hybridized carbons (Fsp3) is 0.929. The summed E-state index contributed by atoms with van der Waals surface area (Å²) in [6, 6.07) is 2.53. The van der Waals surface area contributed by atoms with Crippen LogP contribution in [-0.2, 0) is 0 Å². The first-order chi connectivity index (χ1) is 7.76. The summed E-state index contributed by atoms with van der Waals surface area (Å²) in [5.74, 6) is 0. The molecule has 92 valence electrons. The van der Waals surface area contributed by atoms with Crippen molar-refractivity contribution in [1.82, 2.24) is 4.90 Å². The second-order valence-corrected chi connectivity index (χ2v) is 5.14. The standard InChI is InChI=1S/C14H26N2/c1-3-11-16(4-2)12-6-5-8-14(13-15)9-7-10-14/h3-12H2,1-2H3. The summed E-state index contributed by atoms with van der Waals surface area (Å²) in [6.07, 6.45) is 8.44. The molecule has 0 radical (unpaired) electrons. The van der Waals surface area contributed by atoms with E-state index in [1.807, 2.05) is 0 Å². The molecule has 2 heteroatoms. The molecule has 0 heterocycles. The predicted octanol–water partition coefficient (Wildman–Crippen LogP) is 3.58. The molecule has 0 bridgehead atoms. The lowest BCUT2D eigenvalue weighted by Crippen LogP contribution is -2.28. The van der Waals surface area contributed by atoms with Gasteiger partial charge in [0.2, 0.25) is 0 Å². The molecular formula is C14H26N2. The Morgan fingerprint density at radius 1 is 1.19 bits per heavy atom. The van der Waals surface area contributed by atoms with E-state index >= 15 is 0 Å². The van der Waals surface area contributed by atoms with Gasteiger partial charge in [0.05, 0.1) is 11.5 Å². The normalized spacial score (nSPS) is 18.1. The van der Waals surface area contributed by atoms with Crippen molar-refractivity contribution in [2.24, 2.45) is 5.41 Å². The lowest BCUT2D eigenvalue weighted by molar-refractivity contribution is 0.186. The molecule has 16 heavy (non-hydrogen) atoms. The summed E-state index contributed by atoms with van der Waals surface area (Å²) < 4.78 is 0. The van der Waals surface area contributed by atoms with E-state index in [0.717, 1.165) is 25.8 Å². The van der Waals surface area contributed by atoms with Gasteiger partial charge in [-0.2, -0.15) is 5.26 Å². The summed E-state index contributed by atoms with van der Waals surface area (Å²) in [5, 5.41) is 9.12. The van der Waals surface area contributed by atoms with E-state index in [2.05, 4.69) is 24.8 Å². The van der Waals surface area contributed by atoms with Crippen LogP contribution in [0.3, 0.4) is 0 Å². The number of nitriles is 1. The van der Waals surface area contributed by atoms with Gasteiger partial charge in [-0.15, -0.1) is 0 Å². The van der Waals surface area contributed by atoms with Crippen molar-refractivity contribution in [3.05, 3.63) is 0 Å². The first kappa shape index (κ1) is 13.5. The minimum absolute atomic E-state index is 0.0851. The molecule has 1 saturated carbocycles. The molecule has 0 atom stereocenters. The SMILES string of the molecule is CCCN(CC)CCCCC1(C#N)CCC1. The first-order valence-corrected chi connectivity index (χ1v) is 6.90. The Labute approximate surface area is 101 Å². The summed E-state index contributed by atoms with van der Waals surface area (Å²) in [7, 11) is 0. The van der Waals surface area contributed by atoms with Crippen LogP contribution in [-0.4, -0.2) is 24.5 Å². The zero-order valence-corrected chi connectivity index (χ0v) is 11.0. The molecule has 1 aliphatic rings. The highest BCUT2D eigenvalue weighted by molar-refractivity contribution is 5.04. The van der Waals surface area contributed by atoms with Crippen molar-refractivity contribution in [2.45, 2.75) is 58.8 Å². The van der Waals surface area contributed by atoms with Gasteiger partial charge in [0.15, 0.2) is 0 Å². The fourth-order valence-corrected chi connectivity index (χ4v) is 2.56. The fourth-order valence-electron chi connectivity index (χ4n) is 2.56. The Hall–Kier alpha value is -0.550.